The molecule has 0 bridgehead atoms. The summed E-state index contributed by atoms with van der Waals surface area (Å²) in [5, 5.41) is 3.90. The Kier molecular flexibility index (Phi) is 9.49. The van der Waals surface area contributed by atoms with E-state index in [1.807, 2.05) is 25.1 Å². The third kappa shape index (κ3) is 5.90. The monoisotopic (exact) mass is 495 g/mol. The highest BCUT2D eigenvalue weighted by Crippen LogP contribution is 2.25. The lowest BCUT2D eigenvalue weighted by atomic mass is 9.99. The van der Waals surface area contributed by atoms with Crippen molar-refractivity contribution in [2.75, 3.05) is 33.8 Å². The molecule has 0 radical (unpaired) electrons. The summed E-state index contributed by atoms with van der Waals surface area (Å²) in [7, 11) is 3.16. The predicted molar refractivity (Wildman–Crippen MR) is 115 cm³/mol. The highest BCUT2D eigenvalue weighted by molar-refractivity contribution is 14.0. The molecule has 0 aromatic heterocycles. The van der Waals surface area contributed by atoms with Crippen molar-refractivity contribution in [3.8, 4) is 5.75 Å². The standard InChI is InChI=1S/C18H26ClN3O3.HI/c1-12-10-22(11-14(12)17(23)24-4)18(20-3)21-9-13(2)25-16-8-6-5-7-15(16)19;/h5-8,12-14H,9-11H2,1-4H3,(H,20,21);1H. The van der Waals surface area contributed by atoms with Gasteiger partial charge in [-0.25, -0.2) is 0 Å². The zero-order valence-electron chi connectivity index (χ0n) is 15.6. The maximum absolute atomic E-state index is 11.8. The lowest BCUT2D eigenvalue weighted by molar-refractivity contribution is -0.145. The molecule has 0 aliphatic carbocycles. The first-order chi connectivity index (χ1) is 12.0. The lowest BCUT2D eigenvalue weighted by Gasteiger charge is -2.23. The number of aliphatic imine (C=N–C) groups is 1. The van der Waals surface area contributed by atoms with Gasteiger partial charge in [-0.15, -0.1) is 24.0 Å². The van der Waals surface area contributed by atoms with Crippen LogP contribution in [0, 0.1) is 11.8 Å². The van der Waals surface area contributed by atoms with Crippen LogP contribution in [0.2, 0.25) is 5.02 Å². The quantitative estimate of drug-likeness (QED) is 0.294. The normalized spacial score (nSPS) is 21.0. The molecular formula is C18H27ClIN3O3. The number of benzene rings is 1. The molecule has 1 aliphatic heterocycles. The van der Waals surface area contributed by atoms with Crippen molar-refractivity contribution in [3.63, 3.8) is 0 Å². The first kappa shape index (κ1) is 22.8. The smallest absolute Gasteiger partial charge is 0.310 e. The third-order valence-corrected chi connectivity index (χ3v) is 4.65. The number of halogens is 2. The van der Waals surface area contributed by atoms with Crippen LogP contribution < -0.4 is 10.1 Å². The molecule has 1 saturated heterocycles. The third-order valence-electron chi connectivity index (χ3n) is 4.34. The fraction of sp³-hybridized carbons (Fsp3) is 0.556. The molecule has 1 heterocycles. The molecule has 6 nitrogen and oxygen atoms in total. The van der Waals surface area contributed by atoms with E-state index in [-0.39, 0.29) is 47.9 Å². The Morgan fingerprint density at radius 3 is 2.73 bits per heavy atom. The largest absolute Gasteiger partial charge is 0.487 e. The molecule has 1 N–H and O–H groups in total. The van der Waals surface area contributed by atoms with Crippen molar-refractivity contribution in [2.24, 2.45) is 16.8 Å². The van der Waals surface area contributed by atoms with Gasteiger partial charge in [-0.1, -0.05) is 30.7 Å². The van der Waals surface area contributed by atoms with Gasteiger partial charge in [-0.3, -0.25) is 9.79 Å². The molecule has 0 spiro atoms. The summed E-state index contributed by atoms with van der Waals surface area (Å²) in [5.74, 6) is 1.35. The predicted octanol–water partition coefficient (Wildman–Crippen LogP) is 3.04. The van der Waals surface area contributed by atoms with E-state index >= 15 is 0 Å². The van der Waals surface area contributed by atoms with Gasteiger partial charge in [0, 0.05) is 20.1 Å². The van der Waals surface area contributed by atoms with Crippen LogP contribution in [0.15, 0.2) is 29.3 Å². The van der Waals surface area contributed by atoms with Gasteiger partial charge in [0.2, 0.25) is 0 Å². The van der Waals surface area contributed by atoms with Crippen molar-refractivity contribution < 1.29 is 14.3 Å². The minimum absolute atomic E-state index is 0. The second kappa shape index (κ2) is 10.8. The second-order valence-electron chi connectivity index (χ2n) is 6.30. The Hall–Kier alpha value is -1.22. The van der Waals surface area contributed by atoms with Crippen molar-refractivity contribution in [1.82, 2.24) is 10.2 Å². The SMILES string of the molecule is CN=C(NCC(C)Oc1ccccc1Cl)N1CC(C)C(C(=O)OC)C1.I. The van der Waals surface area contributed by atoms with Crippen LogP contribution >= 0.6 is 35.6 Å². The number of hydrogen-bond donors (Lipinski definition) is 1. The maximum atomic E-state index is 11.8. The Labute approximate surface area is 177 Å². The summed E-state index contributed by atoms with van der Waals surface area (Å²) in [6.07, 6.45) is -0.0897. The van der Waals surface area contributed by atoms with Gasteiger partial charge in [-0.2, -0.15) is 0 Å². The first-order valence-electron chi connectivity index (χ1n) is 8.40. The van der Waals surface area contributed by atoms with Crippen LogP contribution in [-0.2, 0) is 9.53 Å². The molecule has 3 atom stereocenters. The van der Waals surface area contributed by atoms with Gasteiger partial charge in [0.15, 0.2) is 5.96 Å². The van der Waals surface area contributed by atoms with E-state index in [0.29, 0.717) is 23.9 Å². The fourth-order valence-electron chi connectivity index (χ4n) is 2.96. The summed E-state index contributed by atoms with van der Waals surface area (Å²) >= 11 is 6.12. The number of hydrogen-bond acceptors (Lipinski definition) is 4. The number of guanidine groups is 1. The Balaban J connectivity index is 0.00000338. The minimum Gasteiger partial charge on any atom is -0.487 e. The van der Waals surface area contributed by atoms with Crippen molar-refractivity contribution in [3.05, 3.63) is 29.3 Å². The molecule has 2 rings (SSSR count). The van der Waals surface area contributed by atoms with Crippen LogP contribution in [0.1, 0.15) is 13.8 Å². The second-order valence-corrected chi connectivity index (χ2v) is 6.71. The number of carbonyl (C=O) groups excluding carboxylic acids is 1. The van der Waals surface area contributed by atoms with Gasteiger partial charge in [0.05, 0.1) is 24.6 Å². The molecule has 146 valence electrons. The van der Waals surface area contributed by atoms with E-state index in [1.165, 1.54) is 7.11 Å². The average Bonchev–Trinajstić information content (AvgIpc) is 2.98. The average molecular weight is 496 g/mol. The molecule has 8 heteroatoms. The number of para-hydroxylation sites is 1. The van der Waals surface area contributed by atoms with Gasteiger partial charge in [0.25, 0.3) is 0 Å². The van der Waals surface area contributed by atoms with E-state index in [4.69, 9.17) is 21.1 Å². The Morgan fingerprint density at radius 1 is 1.42 bits per heavy atom. The highest BCUT2D eigenvalue weighted by atomic mass is 127. The van der Waals surface area contributed by atoms with Gasteiger partial charge in [0.1, 0.15) is 11.9 Å². The van der Waals surface area contributed by atoms with Crippen LogP contribution in [0.5, 0.6) is 5.75 Å². The fourth-order valence-corrected chi connectivity index (χ4v) is 3.14. The van der Waals surface area contributed by atoms with Crippen LogP contribution in [0.25, 0.3) is 0 Å². The lowest BCUT2D eigenvalue weighted by Crippen LogP contribution is -2.44. The molecular weight excluding hydrogens is 469 g/mol. The minimum atomic E-state index is -0.166. The topological polar surface area (TPSA) is 63.2 Å². The van der Waals surface area contributed by atoms with E-state index in [1.54, 1.807) is 13.1 Å². The summed E-state index contributed by atoms with van der Waals surface area (Å²) in [6.45, 7) is 5.96. The van der Waals surface area contributed by atoms with E-state index in [0.717, 1.165) is 12.5 Å². The van der Waals surface area contributed by atoms with Crippen molar-refractivity contribution >= 4 is 47.5 Å². The number of nitrogens with one attached hydrogen (secondary N) is 1. The molecule has 0 saturated carbocycles. The Bertz CT molecular complexity index is 629. The van der Waals surface area contributed by atoms with E-state index < -0.39 is 0 Å². The number of carbonyl (C=O) groups is 1. The molecule has 3 unspecified atom stereocenters. The van der Waals surface area contributed by atoms with Gasteiger partial charge < -0.3 is 19.7 Å². The van der Waals surface area contributed by atoms with Gasteiger partial charge in [-0.05, 0) is 25.0 Å². The molecule has 1 fully saturated rings. The number of nitrogens with zero attached hydrogens (tertiary/aromatic N) is 2. The highest BCUT2D eigenvalue weighted by Gasteiger charge is 2.36. The molecule has 26 heavy (non-hydrogen) atoms. The summed E-state index contributed by atoms with van der Waals surface area (Å²) in [4.78, 5) is 18.2. The maximum Gasteiger partial charge on any atom is 0.310 e. The summed E-state index contributed by atoms with van der Waals surface area (Å²) in [6, 6.07) is 7.40. The Morgan fingerprint density at radius 2 is 2.12 bits per heavy atom. The number of rotatable bonds is 5. The zero-order valence-corrected chi connectivity index (χ0v) is 18.7. The summed E-state index contributed by atoms with van der Waals surface area (Å²) < 4.78 is 10.7. The number of esters is 1. The molecule has 1 aromatic rings. The molecule has 1 aromatic carbocycles. The number of ether oxygens (including phenoxy) is 2. The number of likely N-dealkylation sites (tertiary alicyclic amines) is 1. The van der Waals surface area contributed by atoms with Crippen LogP contribution in [0.3, 0.4) is 0 Å². The van der Waals surface area contributed by atoms with Crippen molar-refractivity contribution in [1.29, 1.82) is 0 Å². The molecule has 1 aliphatic rings. The molecule has 0 amide bonds. The van der Waals surface area contributed by atoms with Gasteiger partial charge >= 0.3 is 5.97 Å². The van der Waals surface area contributed by atoms with Crippen LogP contribution in [0.4, 0.5) is 0 Å². The zero-order chi connectivity index (χ0) is 18.4. The van der Waals surface area contributed by atoms with Crippen LogP contribution in [-0.4, -0.2) is 56.7 Å². The summed E-state index contributed by atoms with van der Waals surface area (Å²) in [5.41, 5.74) is 0. The van der Waals surface area contributed by atoms with E-state index in [2.05, 4.69) is 22.1 Å². The van der Waals surface area contributed by atoms with E-state index in [9.17, 15) is 4.79 Å². The van der Waals surface area contributed by atoms with Crippen molar-refractivity contribution in [2.45, 2.75) is 20.0 Å². The first-order valence-corrected chi connectivity index (χ1v) is 8.78. The number of methoxy groups -OCH3 is 1.